The van der Waals surface area contributed by atoms with Crippen molar-refractivity contribution in [1.82, 2.24) is 4.31 Å². The van der Waals surface area contributed by atoms with E-state index >= 15 is 0 Å². The lowest BCUT2D eigenvalue weighted by molar-refractivity contribution is -0.385. The number of nitrogens with zero attached hydrogens (tertiary/aromatic N) is 2. The number of benzene rings is 1. The lowest BCUT2D eigenvalue weighted by Crippen LogP contribution is -2.43. The summed E-state index contributed by atoms with van der Waals surface area (Å²) in [7, 11) is -3.82. The minimum Gasteiger partial charge on any atom is -0.398 e. The predicted molar refractivity (Wildman–Crippen MR) is 79.3 cm³/mol. The number of nitrogens with two attached hydrogens (primary N) is 1. The molecule has 1 saturated heterocycles. The number of nitro groups is 1. The van der Waals surface area contributed by atoms with Gasteiger partial charge in [0, 0.05) is 25.2 Å². The average molecular weight is 313 g/mol. The van der Waals surface area contributed by atoms with Crippen LogP contribution >= 0.6 is 0 Å². The largest absolute Gasteiger partial charge is 0.398 e. The van der Waals surface area contributed by atoms with Crippen molar-refractivity contribution >= 4 is 21.4 Å². The van der Waals surface area contributed by atoms with E-state index in [1.54, 1.807) is 0 Å². The van der Waals surface area contributed by atoms with Gasteiger partial charge in [-0.25, -0.2) is 8.42 Å². The van der Waals surface area contributed by atoms with Gasteiger partial charge in [0.05, 0.1) is 10.6 Å². The summed E-state index contributed by atoms with van der Waals surface area (Å²) >= 11 is 0. The fourth-order valence-electron chi connectivity index (χ4n) is 2.57. The third kappa shape index (κ3) is 3.16. The van der Waals surface area contributed by atoms with Gasteiger partial charge >= 0.3 is 0 Å². The van der Waals surface area contributed by atoms with Crippen molar-refractivity contribution in [3.05, 3.63) is 28.3 Å². The molecule has 0 saturated carbocycles. The Labute approximate surface area is 123 Å². The summed E-state index contributed by atoms with van der Waals surface area (Å²) in [5, 5.41) is 10.8. The van der Waals surface area contributed by atoms with Crippen LogP contribution < -0.4 is 5.73 Å². The van der Waals surface area contributed by atoms with Crippen LogP contribution in [0.2, 0.25) is 0 Å². The number of hydrogen-bond donors (Lipinski definition) is 1. The van der Waals surface area contributed by atoms with Crippen LogP contribution in [0.15, 0.2) is 23.1 Å². The average Bonchev–Trinajstić information content (AvgIpc) is 2.37. The Morgan fingerprint density at radius 3 is 2.62 bits per heavy atom. The second-order valence-electron chi connectivity index (χ2n) is 6.09. The van der Waals surface area contributed by atoms with Crippen LogP contribution in [0, 0.1) is 15.5 Å². The van der Waals surface area contributed by atoms with Gasteiger partial charge in [0.1, 0.15) is 4.90 Å². The zero-order valence-corrected chi connectivity index (χ0v) is 12.9. The summed E-state index contributed by atoms with van der Waals surface area (Å²) in [5.41, 5.74) is 5.36. The molecule has 0 amide bonds. The van der Waals surface area contributed by atoms with E-state index in [-0.39, 0.29) is 21.7 Å². The van der Waals surface area contributed by atoms with Crippen LogP contribution in [0.1, 0.15) is 26.7 Å². The predicted octanol–water partition coefficient (Wildman–Crippen LogP) is 1.99. The van der Waals surface area contributed by atoms with Crippen molar-refractivity contribution in [2.45, 2.75) is 31.6 Å². The van der Waals surface area contributed by atoms with Gasteiger partial charge in [0.25, 0.3) is 5.69 Å². The lowest BCUT2D eigenvalue weighted by Gasteiger charge is -2.37. The number of rotatable bonds is 3. The van der Waals surface area contributed by atoms with E-state index in [9.17, 15) is 18.5 Å². The number of nitrogen functional groups attached to an aromatic ring is 1. The third-order valence-corrected chi connectivity index (χ3v) is 5.59. The molecule has 21 heavy (non-hydrogen) atoms. The number of anilines is 1. The number of sulfonamides is 1. The first-order valence-electron chi connectivity index (χ1n) is 6.68. The maximum atomic E-state index is 12.7. The van der Waals surface area contributed by atoms with Gasteiger partial charge in [-0.15, -0.1) is 0 Å². The molecule has 0 spiro atoms. The Hall–Kier alpha value is -1.67. The van der Waals surface area contributed by atoms with E-state index in [1.165, 1.54) is 16.4 Å². The lowest BCUT2D eigenvalue weighted by atomic mass is 9.85. The normalized spacial score (nSPS) is 19.3. The van der Waals surface area contributed by atoms with E-state index in [0.717, 1.165) is 18.9 Å². The van der Waals surface area contributed by atoms with Gasteiger partial charge in [0.15, 0.2) is 0 Å². The molecule has 1 aromatic carbocycles. The Bertz CT molecular complexity index is 670. The van der Waals surface area contributed by atoms with Gasteiger partial charge in [-0.3, -0.25) is 10.1 Å². The molecule has 1 aliphatic rings. The molecule has 0 atom stereocenters. The van der Waals surface area contributed by atoms with Gasteiger partial charge in [0.2, 0.25) is 10.0 Å². The zero-order chi connectivity index (χ0) is 15.8. The highest BCUT2D eigenvalue weighted by molar-refractivity contribution is 7.89. The van der Waals surface area contributed by atoms with E-state index < -0.39 is 14.9 Å². The number of non-ortho nitro benzene ring substituents is 1. The maximum Gasteiger partial charge on any atom is 0.270 e. The smallest absolute Gasteiger partial charge is 0.270 e. The van der Waals surface area contributed by atoms with E-state index in [0.29, 0.717) is 13.1 Å². The Kier molecular flexibility index (Phi) is 3.94. The molecule has 0 bridgehead atoms. The summed E-state index contributed by atoms with van der Waals surface area (Å²) in [5.74, 6) is 0. The molecule has 8 heteroatoms. The second-order valence-corrected chi connectivity index (χ2v) is 7.99. The summed E-state index contributed by atoms with van der Waals surface area (Å²) in [6.07, 6.45) is 1.71. The van der Waals surface area contributed by atoms with Crippen LogP contribution in [-0.4, -0.2) is 30.7 Å². The van der Waals surface area contributed by atoms with E-state index in [4.69, 9.17) is 5.73 Å². The van der Waals surface area contributed by atoms with Gasteiger partial charge in [-0.1, -0.05) is 13.8 Å². The molecule has 1 aromatic rings. The van der Waals surface area contributed by atoms with Gasteiger partial charge in [-0.05, 0) is 24.3 Å². The third-order valence-electron chi connectivity index (χ3n) is 3.69. The second kappa shape index (κ2) is 5.27. The Morgan fingerprint density at radius 2 is 2.05 bits per heavy atom. The standard InChI is InChI=1S/C13H19N3O4S/c1-13(2)6-3-7-15(9-13)21(19,20)12-8-10(16(17)18)4-5-11(12)14/h4-5,8H,3,6-7,9,14H2,1-2H3. The number of nitro benzene ring substituents is 1. The van der Waals surface area contributed by atoms with Crippen molar-refractivity contribution in [1.29, 1.82) is 0 Å². The molecule has 0 unspecified atom stereocenters. The minimum absolute atomic E-state index is 0.0315. The molecule has 116 valence electrons. The number of hydrogen-bond acceptors (Lipinski definition) is 5. The van der Waals surface area contributed by atoms with Gasteiger partial charge < -0.3 is 5.73 Å². The van der Waals surface area contributed by atoms with Crippen LogP contribution in [0.3, 0.4) is 0 Å². The molecule has 2 rings (SSSR count). The molecule has 0 radical (unpaired) electrons. The first-order valence-corrected chi connectivity index (χ1v) is 8.12. The summed E-state index contributed by atoms with van der Waals surface area (Å²) in [6, 6.07) is 3.50. The topological polar surface area (TPSA) is 107 Å². The van der Waals surface area contributed by atoms with Crippen LogP contribution in [-0.2, 0) is 10.0 Å². The van der Waals surface area contributed by atoms with E-state index in [2.05, 4.69) is 0 Å². The minimum atomic E-state index is -3.82. The van der Waals surface area contributed by atoms with Crippen molar-refractivity contribution in [2.75, 3.05) is 18.8 Å². The molecule has 1 fully saturated rings. The molecule has 2 N–H and O–H groups in total. The highest BCUT2D eigenvalue weighted by atomic mass is 32.2. The first-order chi connectivity index (χ1) is 9.63. The molecule has 7 nitrogen and oxygen atoms in total. The summed E-state index contributed by atoms with van der Waals surface area (Å²) in [4.78, 5) is 10.0. The van der Waals surface area contributed by atoms with Crippen LogP contribution in [0.25, 0.3) is 0 Å². The molecule has 1 aliphatic heterocycles. The molecule has 1 heterocycles. The maximum absolute atomic E-state index is 12.7. The first kappa shape index (κ1) is 15.7. The Balaban J connectivity index is 2.44. The van der Waals surface area contributed by atoms with Crippen molar-refractivity contribution in [2.24, 2.45) is 5.41 Å². The molecular formula is C13H19N3O4S. The quantitative estimate of drug-likeness (QED) is 0.521. The van der Waals surface area contributed by atoms with E-state index in [1.807, 2.05) is 13.8 Å². The van der Waals surface area contributed by atoms with Crippen LogP contribution in [0.4, 0.5) is 11.4 Å². The fraction of sp³-hybridized carbons (Fsp3) is 0.538. The zero-order valence-electron chi connectivity index (χ0n) is 12.1. The highest BCUT2D eigenvalue weighted by Crippen LogP contribution is 2.34. The monoisotopic (exact) mass is 313 g/mol. The molecular weight excluding hydrogens is 294 g/mol. The van der Waals surface area contributed by atoms with Crippen LogP contribution in [0.5, 0.6) is 0 Å². The van der Waals surface area contributed by atoms with Gasteiger partial charge in [-0.2, -0.15) is 4.31 Å². The summed E-state index contributed by atoms with van der Waals surface area (Å²) in [6.45, 7) is 4.81. The summed E-state index contributed by atoms with van der Waals surface area (Å²) < 4.78 is 26.8. The number of piperidine rings is 1. The van der Waals surface area contributed by atoms with Crippen molar-refractivity contribution < 1.29 is 13.3 Å². The highest BCUT2D eigenvalue weighted by Gasteiger charge is 2.35. The Morgan fingerprint density at radius 1 is 1.38 bits per heavy atom. The fourth-order valence-corrected chi connectivity index (χ4v) is 4.38. The molecule has 0 aliphatic carbocycles. The SMILES string of the molecule is CC1(C)CCCN(S(=O)(=O)c2cc([N+](=O)[O-])ccc2N)C1. The van der Waals surface area contributed by atoms with Crippen molar-refractivity contribution in [3.63, 3.8) is 0 Å². The molecule has 0 aromatic heterocycles. The van der Waals surface area contributed by atoms with Crippen molar-refractivity contribution in [3.8, 4) is 0 Å².